The largest absolute Gasteiger partial charge is 0.338 e. The smallest absolute Gasteiger partial charge is 0.317 e. The maximum Gasteiger partial charge on any atom is 0.317 e. The summed E-state index contributed by atoms with van der Waals surface area (Å²) in [5, 5.41) is 3.07. The van der Waals surface area contributed by atoms with Crippen LogP contribution in [0.2, 0.25) is 0 Å². The van der Waals surface area contributed by atoms with E-state index >= 15 is 0 Å². The third-order valence-electron chi connectivity index (χ3n) is 5.53. The van der Waals surface area contributed by atoms with Gasteiger partial charge in [-0.05, 0) is 31.0 Å². The minimum atomic E-state index is 0.0516. The van der Waals surface area contributed by atoms with Crippen LogP contribution >= 0.6 is 0 Å². The minimum absolute atomic E-state index is 0.0516. The Morgan fingerprint density at radius 2 is 1.90 bits per heavy atom. The van der Waals surface area contributed by atoms with Crippen molar-refractivity contribution in [1.82, 2.24) is 24.7 Å². The van der Waals surface area contributed by atoms with Crippen LogP contribution < -0.4 is 5.32 Å². The molecule has 2 heterocycles. The number of hydrogen-bond donors (Lipinski definition) is 1. The van der Waals surface area contributed by atoms with E-state index in [2.05, 4.69) is 57.0 Å². The van der Waals surface area contributed by atoms with Gasteiger partial charge < -0.3 is 14.8 Å². The van der Waals surface area contributed by atoms with Crippen molar-refractivity contribution in [2.24, 2.45) is 0 Å². The summed E-state index contributed by atoms with van der Waals surface area (Å²) in [4.78, 5) is 21.2. The van der Waals surface area contributed by atoms with Gasteiger partial charge in [0.05, 0.1) is 17.4 Å². The van der Waals surface area contributed by atoms with Gasteiger partial charge in [-0.2, -0.15) is 0 Å². The molecule has 3 aromatic rings. The first-order chi connectivity index (χ1) is 14.2. The molecule has 0 spiro atoms. The molecule has 0 unspecified atom stereocenters. The van der Waals surface area contributed by atoms with Crippen LogP contribution in [0.4, 0.5) is 4.79 Å². The number of urea groups is 1. The van der Waals surface area contributed by atoms with Crippen LogP contribution in [0.1, 0.15) is 17.5 Å². The molecule has 1 saturated heterocycles. The van der Waals surface area contributed by atoms with Gasteiger partial charge >= 0.3 is 6.03 Å². The van der Waals surface area contributed by atoms with E-state index in [4.69, 9.17) is 0 Å². The zero-order valence-electron chi connectivity index (χ0n) is 17.1. The molecule has 2 aromatic carbocycles. The number of para-hydroxylation sites is 2. The summed E-state index contributed by atoms with van der Waals surface area (Å²) in [7, 11) is 0. The molecule has 0 aliphatic carbocycles. The molecule has 6 heteroatoms. The molecule has 6 nitrogen and oxygen atoms in total. The number of benzene rings is 2. The van der Waals surface area contributed by atoms with Crippen LogP contribution in [-0.4, -0.2) is 58.1 Å². The maximum absolute atomic E-state index is 12.5. The predicted octanol–water partition coefficient (Wildman–Crippen LogP) is 3.26. The Morgan fingerprint density at radius 1 is 1.07 bits per heavy atom. The second kappa shape index (κ2) is 9.09. The van der Waals surface area contributed by atoms with Crippen molar-refractivity contribution in [3.8, 4) is 0 Å². The van der Waals surface area contributed by atoms with Gasteiger partial charge in [0.25, 0.3) is 0 Å². The first-order valence-electron chi connectivity index (χ1n) is 10.4. The van der Waals surface area contributed by atoms with Crippen molar-refractivity contribution in [3.63, 3.8) is 0 Å². The fourth-order valence-electron chi connectivity index (χ4n) is 3.92. The number of aryl methyl sites for hydroxylation is 2. The molecule has 4 rings (SSSR count). The lowest BCUT2D eigenvalue weighted by atomic mass is 10.1. The lowest BCUT2D eigenvalue weighted by molar-refractivity contribution is 0.135. The Hall–Kier alpha value is -2.86. The topological polar surface area (TPSA) is 53.4 Å². The lowest BCUT2D eigenvalue weighted by Gasteiger charge is -2.34. The molecule has 0 bridgehead atoms. The van der Waals surface area contributed by atoms with Gasteiger partial charge in [-0.25, -0.2) is 9.78 Å². The first-order valence-corrected chi connectivity index (χ1v) is 10.4. The molecule has 1 aromatic heterocycles. The van der Waals surface area contributed by atoms with Gasteiger partial charge in [0.2, 0.25) is 0 Å². The summed E-state index contributed by atoms with van der Waals surface area (Å²) >= 11 is 0. The highest BCUT2D eigenvalue weighted by molar-refractivity contribution is 5.75. The Bertz CT molecular complexity index is 959. The van der Waals surface area contributed by atoms with Crippen molar-refractivity contribution in [2.45, 2.75) is 26.4 Å². The fourth-order valence-corrected chi connectivity index (χ4v) is 3.92. The normalized spacial score (nSPS) is 15.0. The molecule has 0 saturated carbocycles. The standard InChI is InChI=1S/C23H29N5O/c1-19-6-4-7-20(16-19)17-26-12-14-27(15-13-26)23(29)24-10-5-11-28-18-25-21-8-2-3-9-22(21)28/h2-4,6-9,16,18H,5,10-15,17H2,1H3,(H,24,29). The van der Waals surface area contributed by atoms with E-state index in [1.807, 2.05) is 29.4 Å². The number of nitrogens with one attached hydrogen (secondary N) is 1. The first kappa shape index (κ1) is 19.5. The van der Waals surface area contributed by atoms with Gasteiger partial charge in [-0.3, -0.25) is 4.90 Å². The molecule has 29 heavy (non-hydrogen) atoms. The third kappa shape index (κ3) is 4.95. The number of rotatable bonds is 6. The number of carbonyl (C=O) groups excluding carboxylic acids is 1. The second-order valence-corrected chi connectivity index (χ2v) is 7.76. The van der Waals surface area contributed by atoms with E-state index in [1.54, 1.807) is 0 Å². The molecular weight excluding hydrogens is 362 g/mol. The van der Waals surface area contributed by atoms with Crippen LogP contribution in [0.25, 0.3) is 11.0 Å². The van der Waals surface area contributed by atoms with E-state index in [1.165, 1.54) is 11.1 Å². The molecule has 0 atom stereocenters. The average molecular weight is 392 g/mol. The van der Waals surface area contributed by atoms with Crippen LogP contribution in [0.15, 0.2) is 54.9 Å². The summed E-state index contributed by atoms with van der Waals surface area (Å²) in [6.45, 7) is 8.01. The zero-order valence-corrected chi connectivity index (χ0v) is 17.1. The Labute approximate surface area is 172 Å². The number of hydrogen-bond acceptors (Lipinski definition) is 3. The summed E-state index contributed by atoms with van der Waals surface area (Å²) in [5.74, 6) is 0. The quantitative estimate of drug-likeness (QED) is 0.656. The molecule has 0 radical (unpaired) electrons. The number of fused-ring (bicyclic) bond motifs is 1. The monoisotopic (exact) mass is 391 g/mol. The molecule has 1 N–H and O–H groups in total. The molecule has 1 fully saturated rings. The van der Waals surface area contributed by atoms with Crippen molar-refractivity contribution in [1.29, 1.82) is 0 Å². The SMILES string of the molecule is Cc1cccc(CN2CCN(C(=O)NCCCn3cnc4ccccc43)CC2)c1. The number of imidazole rings is 1. The number of aromatic nitrogens is 2. The van der Waals surface area contributed by atoms with Gasteiger partial charge in [-0.15, -0.1) is 0 Å². The highest BCUT2D eigenvalue weighted by atomic mass is 16.2. The van der Waals surface area contributed by atoms with Crippen molar-refractivity contribution in [2.75, 3.05) is 32.7 Å². The molecule has 152 valence electrons. The summed E-state index contributed by atoms with van der Waals surface area (Å²) in [5.41, 5.74) is 4.79. The number of carbonyl (C=O) groups is 1. The summed E-state index contributed by atoms with van der Waals surface area (Å²) in [6, 6.07) is 16.8. The highest BCUT2D eigenvalue weighted by Gasteiger charge is 2.20. The predicted molar refractivity (Wildman–Crippen MR) is 116 cm³/mol. The molecule has 1 aliphatic rings. The number of amides is 2. The van der Waals surface area contributed by atoms with E-state index in [0.717, 1.165) is 56.7 Å². The van der Waals surface area contributed by atoms with Crippen LogP contribution in [0.5, 0.6) is 0 Å². The zero-order chi connectivity index (χ0) is 20.1. The van der Waals surface area contributed by atoms with Crippen LogP contribution in [0, 0.1) is 6.92 Å². The van der Waals surface area contributed by atoms with Crippen molar-refractivity contribution < 1.29 is 4.79 Å². The minimum Gasteiger partial charge on any atom is -0.338 e. The van der Waals surface area contributed by atoms with E-state index in [-0.39, 0.29) is 6.03 Å². The number of nitrogens with zero attached hydrogens (tertiary/aromatic N) is 4. The van der Waals surface area contributed by atoms with Gasteiger partial charge in [-0.1, -0.05) is 42.0 Å². The highest BCUT2D eigenvalue weighted by Crippen LogP contribution is 2.12. The second-order valence-electron chi connectivity index (χ2n) is 7.76. The van der Waals surface area contributed by atoms with Crippen molar-refractivity contribution in [3.05, 3.63) is 66.0 Å². The van der Waals surface area contributed by atoms with Gasteiger partial charge in [0.1, 0.15) is 0 Å². The summed E-state index contributed by atoms with van der Waals surface area (Å²) < 4.78 is 2.14. The van der Waals surface area contributed by atoms with Crippen LogP contribution in [-0.2, 0) is 13.1 Å². The fraction of sp³-hybridized carbons (Fsp3) is 0.391. The van der Waals surface area contributed by atoms with Crippen molar-refractivity contribution >= 4 is 17.1 Å². The molecule has 1 aliphatic heterocycles. The van der Waals surface area contributed by atoms with Gasteiger partial charge in [0, 0.05) is 45.8 Å². The molecular formula is C23H29N5O. The van der Waals surface area contributed by atoms with E-state index in [9.17, 15) is 4.79 Å². The Morgan fingerprint density at radius 3 is 2.72 bits per heavy atom. The van der Waals surface area contributed by atoms with Gasteiger partial charge in [0.15, 0.2) is 0 Å². The van der Waals surface area contributed by atoms with Crippen LogP contribution in [0.3, 0.4) is 0 Å². The van der Waals surface area contributed by atoms with E-state index in [0.29, 0.717) is 6.54 Å². The average Bonchev–Trinajstić information content (AvgIpc) is 3.15. The maximum atomic E-state index is 12.5. The third-order valence-corrected chi connectivity index (χ3v) is 5.53. The van der Waals surface area contributed by atoms with E-state index < -0.39 is 0 Å². The Kier molecular flexibility index (Phi) is 6.10. The molecule has 2 amide bonds. The Balaban J connectivity index is 1.17. The lowest BCUT2D eigenvalue weighted by Crippen LogP contribution is -2.51. The number of piperazine rings is 1. The summed E-state index contributed by atoms with van der Waals surface area (Å²) in [6.07, 6.45) is 2.76.